The quantitative estimate of drug-likeness (QED) is 0.0845. The molecule has 0 saturated carbocycles. The van der Waals surface area contributed by atoms with Gasteiger partial charge in [0.15, 0.2) is 0 Å². The van der Waals surface area contributed by atoms with Gasteiger partial charge >= 0.3 is 43.4 Å². The molecule has 84 heavy (non-hydrogen) atoms. The maximum Gasteiger partial charge on any atom is 2.00 e. The van der Waals surface area contributed by atoms with Crippen molar-refractivity contribution in [3.05, 3.63) is 239 Å². The molecule has 4 aliphatic heterocycles. The summed E-state index contributed by atoms with van der Waals surface area (Å²) in [7, 11) is -4.57. The van der Waals surface area contributed by atoms with Crippen LogP contribution in [0.15, 0.2) is 170 Å². The van der Waals surface area contributed by atoms with Gasteiger partial charge in [0.1, 0.15) is 0 Å². The summed E-state index contributed by atoms with van der Waals surface area (Å²) >= 11 is 0. The molecule has 8 aliphatic rings. The van der Waals surface area contributed by atoms with Crippen molar-refractivity contribution in [1.29, 1.82) is 0 Å². The van der Waals surface area contributed by atoms with Crippen LogP contribution in [0.1, 0.15) is 146 Å². The molecule has 0 bridgehead atoms. The van der Waals surface area contributed by atoms with E-state index in [0.29, 0.717) is 0 Å². The molecule has 4 heterocycles. The fourth-order valence-corrected chi connectivity index (χ4v) is 39.6. The molecule has 428 valence electrons. The van der Waals surface area contributed by atoms with Crippen molar-refractivity contribution in [2.24, 2.45) is 0 Å². The fraction of sp³-hybridized carbons (Fsp3) is 0.368. The van der Waals surface area contributed by atoms with Crippen molar-refractivity contribution in [3.63, 3.8) is 0 Å². The van der Waals surface area contributed by atoms with Gasteiger partial charge in [0.2, 0.25) is 0 Å². The van der Waals surface area contributed by atoms with Crippen LogP contribution in [0.25, 0.3) is 44.5 Å². The largest absolute Gasteiger partial charge is 2.00 e. The van der Waals surface area contributed by atoms with E-state index < -0.39 is 32.3 Å². The van der Waals surface area contributed by atoms with Crippen LogP contribution in [0, 0.1) is 24.3 Å². The minimum atomic E-state index is -1.14. The minimum absolute atomic E-state index is 0. The first-order chi connectivity index (χ1) is 39.4. The number of fused-ring (bicyclic) bond motifs is 12. The normalized spacial score (nSPS) is 20.9. The average molecular weight is 1280 g/mol. The van der Waals surface area contributed by atoms with Crippen LogP contribution >= 0.6 is 0 Å². The topological polar surface area (TPSA) is 0 Å². The molecule has 8 aromatic carbocycles. The Balaban J connectivity index is 0.000000132. The van der Waals surface area contributed by atoms with Crippen molar-refractivity contribution in [2.45, 2.75) is 174 Å². The second kappa shape index (κ2) is 28.0. The summed E-state index contributed by atoms with van der Waals surface area (Å²) in [5.41, 5.74) is 27.2. The fourth-order valence-electron chi connectivity index (χ4n) is 18.1. The van der Waals surface area contributed by atoms with Crippen molar-refractivity contribution >= 4 is 32.3 Å². The smallest absolute Gasteiger partial charge is 1.00 e. The third-order valence-electron chi connectivity index (χ3n) is 21.8. The number of halogens is 2. The van der Waals surface area contributed by atoms with Crippen LogP contribution in [-0.2, 0) is 43.4 Å². The van der Waals surface area contributed by atoms with Crippen molar-refractivity contribution in [1.82, 2.24) is 0 Å². The molecule has 4 fully saturated rings. The Morgan fingerprint density at radius 1 is 0.286 bits per heavy atom. The summed E-state index contributed by atoms with van der Waals surface area (Å²) in [6, 6.07) is 95.4. The van der Waals surface area contributed by atoms with E-state index in [9.17, 15) is 0 Å². The molecule has 4 aliphatic carbocycles. The van der Waals surface area contributed by atoms with Crippen LogP contribution in [-0.4, -0.2) is 32.3 Å². The van der Waals surface area contributed by atoms with Gasteiger partial charge in [-0.3, -0.25) is 0 Å². The van der Waals surface area contributed by atoms with Gasteiger partial charge in [-0.05, 0) is 44.4 Å². The van der Waals surface area contributed by atoms with Gasteiger partial charge in [0.25, 0.3) is 0 Å². The third-order valence-corrected chi connectivity index (χ3v) is 45.9. The van der Waals surface area contributed by atoms with E-state index in [2.05, 4.69) is 222 Å². The molecule has 0 aromatic heterocycles. The van der Waals surface area contributed by atoms with E-state index in [0.717, 1.165) is 22.2 Å². The van der Waals surface area contributed by atoms with Crippen LogP contribution < -0.4 is 24.8 Å². The molecule has 0 spiro atoms. The maximum absolute atomic E-state index is 3.61. The van der Waals surface area contributed by atoms with E-state index in [4.69, 9.17) is 0 Å². The average Bonchev–Trinajstić information content (AvgIpc) is 2.44. The van der Waals surface area contributed by atoms with E-state index in [1.54, 1.807) is 22.3 Å². The Hall–Kier alpha value is -3.36. The van der Waals surface area contributed by atoms with E-state index in [1.807, 2.05) is 0 Å². The summed E-state index contributed by atoms with van der Waals surface area (Å²) in [5, 5.41) is 0. The number of hydrogen-bond acceptors (Lipinski definition) is 0. The summed E-state index contributed by atoms with van der Waals surface area (Å²) in [4.78, 5) is 0. The van der Waals surface area contributed by atoms with Crippen LogP contribution in [0.4, 0.5) is 0 Å². The Labute approximate surface area is 552 Å². The molecule has 4 atom stereocenters. The molecule has 4 saturated heterocycles. The van der Waals surface area contributed by atoms with Gasteiger partial charge in [-0.15, -0.1) is 44.5 Å². The zero-order valence-electron chi connectivity index (χ0n) is 50.4. The van der Waals surface area contributed by atoms with Crippen LogP contribution in [0.3, 0.4) is 0 Å². The van der Waals surface area contributed by atoms with E-state index in [1.165, 1.54) is 191 Å². The standard InChI is InChI=1S/4C19H21Si.2ClH.2Ti/c4*1-2-12-20(13-7-14-20)19-17-10-5-3-8-15(17)16-9-4-6-11-18(16)19;;;;/h4*3-6,8-10,19H,2,7,12-14H2,1H3;2*1H;;/q4*-1;;;2*+2/p-2. The second-order valence-electron chi connectivity index (χ2n) is 25.9. The zero-order valence-corrected chi connectivity index (χ0v) is 59.0. The molecule has 4 unspecified atom stereocenters. The number of benzene rings is 8. The molecule has 0 radical (unpaired) electrons. The van der Waals surface area contributed by atoms with Crippen molar-refractivity contribution in [3.8, 4) is 44.5 Å². The maximum atomic E-state index is 3.61. The van der Waals surface area contributed by atoms with Gasteiger partial charge in [0.05, 0.1) is 32.3 Å². The molecule has 8 aromatic rings. The second-order valence-corrected chi connectivity index (χ2v) is 45.1. The zero-order chi connectivity index (χ0) is 54.3. The van der Waals surface area contributed by atoms with Crippen LogP contribution in [0.5, 0.6) is 0 Å². The predicted molar refractivity (Wildman–Crippen MR) is 351 cm³/mol. The number of hydrogen-bond donors (Lipinski definition) is 0. The first kappa shape index (κ1) is 65.1. The third kappa shape index (κ3) is 11.3. The molecule has 16 rings (SSSR count). The molecule has 0 N–H and O–H groups in total. The molecule has 0 nitrogen and oxygen atoms in total. The minimum Gasteiger partial charge on any atom is -1.00 e. The molecular weight excluding hydrogens is 1190 g/mol. The Morgan fingerprint density at radius 3 is 0.655 bits per heavy atom. The van der Waals surface area contributed by atoms with Gasteiger partial charge in [-0.2, -0.15) is 97.1 Å². The molecule has 0 amide bonds. The summed E-state index contributed by atoms with van der Waals surface area (Å²) in [6.07, 6.45) is 11.3. The van der Waals surface area contributed by atoms with Gasteiger partial charge in [-0.1, -0.05) is 271 Å². The monoisotopic (exact) mass is 1270 g/mol. The SMILES string of the molecule is CCC[Si]1(C2c3[c-]cccc3-c3ccccc32)CCC1.CCC[Si]1(C2c3[c-]cccc3-c3ccccc32)CCC1.CCC[Si]1(C2c3[c-]cccc3-c3ccccc32)CCC1.CCC[Si]1(C2c3[c-]cccc3-c3ccccc32)CCC1.[Cl-].[Cl-].[Ti+2].[Ti+2]. The molecule has 8 heteroatoms. The first-order valence-electron chi connectivity index (χ1n) is 31.8. The predicted octanol–water partition coefficient (Wildman–Crippen LogP) is 15.6. The summed E-state index contributed by atoms with van der Waals surface area (Å²) < 4.78 is 0. The van der Waals surface area contributed by atoms with Gasteiger partial charge in [0, 0.05) is 0 Å². The molecular formula is C76H84Cl2Si4Ti2-2. The summed E-state index contributed by atoms with van der Waals surface area (Å²) in [5.74, 6) is 0. The van der Waals surface area contributed by atoms with Crippen LogP contribution in [0.2, 0.25) is 72.5 Å². The van der Waals surface area contributed by atoms with E-state index >= 15 is 0 Å². The first-order valence-corrected chi connectivity index (χ1v) is 42.6. The van der Waals surface area contributed by atoms with Crippen molar-refractivity contribution in [2.75, 3.05) is 0 Å². The van der Waals surface area contributed by atoms with Gasteiger partial charge < -0.3 is 24.8 Å². The number of rotatable bonds is 12. The summed E-state index contributed by atoms with van der Waals surface area (Å²) in [6.45, 7) is 9.46. The Kier molecular flexibility index (Phi) is 21.7. The van der Waals surface area contributed by atoms with E-state index in [-0.39, 0.29) is 68.2 Å². The Morgan fingerprint density at radius 2 is 0.476 bits per heavy atom. The van der Waals surface area contributed by atoms with Gasteiger partial charge in [-0.25, -0.2) is 0 Å². The Bertz CT molecular complexity index is 2860. The van der Waals surface area contributed by atoms with Crippen molar-refractivity contribution < 1.29 is 68.2 Å².